The van der Waals surface area contributed by atoms with Crippen molar-refractivity contribution in [2.75, 3.05) is 15.1 Å². The van der Waals surface area contributed by atoms with E-state index in [2.05, 4.69) is 21.3 Å². The first-order chi connectivity index (χ1) is 16.2. The molecule has 166 valence electrons. The number of carbonyl (C=O) groups excluding carboxylic acids is 1. The Labute approximate surface area is 193 Å². The Morgan fingerprint density at radius 3 is 2.61 bits per heavy atom. The van der Waals surface area contributed by atoms with Gasteiger partial charge in [0.05, 0.1) is 23.5 Å². The lowest BCUT2D eigenvalue weighted by molar-refractivity contribution is -0.119. The molecule has 1 atom stereocenters. The molecule has 5 rings (SSSR count). The maximum Gasteiger partial charge on any atom is 0.254 e. The molecule has 1 amide bonds. The predicted octanol–water partition coefficient (Wildman–Crippen LogP) is 5.30. The van der Waals surface area contributed by atoms with Crippen LogP contribution in [0.5, 0.6) is 0 Å². The van der Waals surface area contributed by atoms with Crippen molar-refractivity contribution in [2.24, 2.45) is 0 Å². The highest BCUT2D eigenvalue weighted by Gasteiger charge is 2.41. The third-order valence-electron chi connectivity index (χ3n) is 6.46. The molecule has 0 radical (unpaired) electrons. The molecule has 0 saturated heterocycles. The fourth-order valence-corrected chi connectivity index (χ4v) is 4.86. The van der Waals surface area contributed by atoms with E-state index in [1.807, 2.05) is 43.3 Å². The van der Waals surface area contributed by atoms with Crippen LogP contribution in [0.1, 0.15) is 44.6 Å². The van der Waals surface area contributed by atoms with Crippen LogP contribution in [0.4, 0.5) is 28.8 Å². The van der Waals surface area contributed by atoms with Crippen LogP contribution >= 0.6 is 0 Å². The molecule has 0 spiro atoms. The lowest BCUT2D eigenvalue weighted by atomic mass is 9.92. The van der Waals surface area contributed by atoms with Gasteiger partial charge in [-0.15, -0.1) is 0 Å². The first kappa shape index (κ1) is 21.0. The minimum absolute atomic E-state index is 0.0319. The van der Waals surface area contributed by atoms with Crippen molar-refractivity contribution in [1.29, 1.82) is 5.26 Å². The first-order valence-corrected chi connectivity index (χ1v) is 11.5. The molecular formula is C26H26N6O. The van der Waals surface area contributed by atoms with Crippen LogP contribution in [0.3, 0.4) is 0 Å². The van der Waals surface area contributed by atoms with E-state index in [0.29, 0.717) is 22.9 Å². The number of para-hydroxylation sites is 1. The number of aromatic nitrogens is 2. The van der Waals surface area contributed by atoms with Crippen LogP contribution < -0.4 is 15.1 Å². The summed E-state index contributed by atoms with van der Waals surface area (Å²) in [6.07, 6.45) is 7.36. The van der Waals surface area contributed by atoms with E-state index in [1.54, 1.807) is 29.3 Å². The summed E-state index contributed by atoms with van der Waals surface area (Å²) in [5.74, 6) is 1.22. The smallest absolute Gasteiger partial charge is 0.254 e. The predicted molar refractivity (Wildman–Crippen MR) is 129 cm³/mol. The van der Waals surface area contributed by atoms with Crippen molar-refractivity contribution in [2.45, 2.75) is 51.1 Å². The van der Waals surface area contributed by atoms with Gasteiger partial charge in [-0.05, 0) is 50.1 Å². The number of hydrogen-bond acceptors (Lipinski definition) is 6. The van der Waals surface area contributed by atoms with Crippen LogP contribution in [0.25, 0.3) is 0 Å². The Balaban J connectivity index is 1.61. The molecule has 1 aliphatic heterocycles. The molecule has 0 bridgehead atoms. The molecule has 1 N–H and O–H groups in total. The second kappa shape index (κ2) is 8.91. The highest BCUT2D eigenvalue weighted by Crippen LogP contribution is 2.42. The summed E-state index contributed by atoms with van der Waals surface area (Å²) in [6, 6.07) is 19.0. The van der Waals surface area contributed by atoms with Gasteiger partial charge in [0.15, 0.2) is 5.82 Å². The van der Waals surface area contributed by atoms with E-state index < -0.39 is 0 Å². The Bertz CT molecular complexity index is 1200. The average Bonchev–Trinajstić information content (AvgIpc) is 2.86. The van der Waals surface area contributed by atoms with Gasteiger partial charge >= 0.3 is 0 Å². The largest absolute Gasteiger partial charge is 0.340 e. The standard InChI is InChI=1S/C26H26N6O/c1-18-25(33)32(22-14-8-9-19(15-22)16-27)23-17-28-26(29-20-10-4-2-5-11-20)30-24(23)31(18)21-12-6-3-7-13-21/h2,4-5,8-11,14-15,17-18,21H,3,6-7,12-13H2,1H3,(H,28,29,30)/t18-/m1/s1. The topological polar surface area (TPSA) is 85.1 Å². The molecule has 33 heavy (non-hydrogen) atoms. The molecule has 0 unspecified atom stereocenters. The summed E-state index contributed by atoms with van der Waals surface area (Å²) < 4.78 is 0. The monoisotopic (exact) mass is 438 g/mol. The fourth-order valence-electron chi connectivity index (χ4n) is 4.86. The van der Waals surface area contributed by atoms with E-state index in [-0.39, 0.29) is 18.0 Å². The van der Waals surface area contributed by atoms with Crippen LogP contribution in [-0.2, 0) is 4.79 Å². The lowest BCUT2D eigenvalue weighted by Crippen LogP contribution is -2.55. The van der Waals surface area contributed by atoms with E-state index in [1.165, 1.54) is 6.42 Å². The van der Waals surface area contributed by atoms with Gasteiger partial charge in [0.2, 0.25) is 5.95 Å². The van der Waals surface area contributed by atoms with Crippen molar-refractivity contribution >= 4 is 34.7 Å². The Kier molecular flexibility index (Phi) is 5.66. The molecule has 7 nitrogen and oxygen atoms in total. The van der Waals surface area contributed by atoms with Gasteiger partial charge in [-0.1, -0.05) is 43.5 Å². The van der Waals surface area contributed by atoms with Gasteiger partial charge in [-0.2, -0.15) is 10.2 Å². The zero-order chi connectivity index (χ0) is 22.8. The summed E-state index contributed by atoms with van der Waals surface area (Å²) in [6.45, 7) is 1.95. The number of carbonyl (C=O) groups is 1. The molecule has 2 heterocycles. The van der Waals surface area contributed by atoms with Crippen LogP contribution in [-0.4, -0.2) is 28.0 Å². The molecular weight excluding hydrogens is 412 g/mol. The van der Waals surface area contributed by atoms with E-state index in [0.717, 1.165) is 37.2 Å². The number of hydrogen-bond donors (Lipinski definition) is 1. The van der Waals surface area contributed by atoms with Gasteiger partial charge in [0, 0.05) is 11.7 Å². The zero-order valence-electron chi connectivity index (χ0n) is 18.6. The molecule has 2 aromatic carbocycles. The zero-order valence-corrected chi connectivity index (χ0v) is 18.6. The maximum absolute atomic E-state index is 13.6. The summed E-state index contributed by atoms with van der Waals surface area (Å²) >= 11 is 0. The number of benzene rings is 2. The normalized spacial score (nSPS) is 18.5. The highest BCUT2D eigenvalue weighted by atomic mass is 16.2. The number of fused-ring (bicyclic) bond motifs is 1. The van der Waals surface area contributed by atoms with Crippen LogP contribution in [0.15, 0.2) is 60.8 Å². The molecule has 1 fully saturated rings. The van der Waals surface area contributed by atoms with Crippen LogP contribution in [0, 0.1) is 11.3 Å². The summed E-state index contributed by atoms with van der Waals surface area (Å²) in [7, 11) is 0. The number of amides is 1. The SMILES string of the molecule is C[C@@H]1C(=O)N(c2cccc(C#N)c2)c2cnc(Nc3ccccc3)nc2N1C1CCCCC1. The van der Waals surface area contributed by atoms with Gasteiger partial charge in [0.1, 0.15) is 11.7 Å². The van der Waals surface area contributed by atoms with E-state index >= 15 is 0 Å². The fraction of sp³-hybridized carbons (Fsp3) is 0.308. The second-order valence-electron chi connectivity index (χ2n) is 8.60. The molecule has 7 heteroatoms. The summed E-state index contributed by atoms with van der Waals surface area (Å²) in [5, 5.41) is 12.6. The molecule has 1 aromatic heterocycles. The summed E-state index contributed by atoms with van der Waals surface area (Å²) in [5.41, 5.74) is 2.72. The van der Waals surface area contributed by atoms with Crippen LogP contribution in [0.2, 0.25) is 0 Å². The van der Waals surface area contributed by atoms with Gasteiger partial charge in [-0.3, -0.25) is 9.69 Å². The third-order valence-corrected chi connectivity index (χ3v) is 6.46. The molecule has 2 aliphatic rings. The second-order valence-corrected chi connectivity index (χ2v) is 8.60. The van der Waals surface area contributed by atoms with Gasteiger partial charge < -0.3 is 10.2 Å². The molecule has 1 saturated carbocycles. The van der Waals surface area contributed by atoms with Crippen molar-refractivity contribution in [1.82, 2.24) is 9.97 Å². The minimum Gasteiger partial charge on any atom is -0.340 e. The highest BCUT2D eigenvalue weighted by molar-refractivity contribution is 6.10. The van der Waals surface area contributed by atoms with Crippen molar-refractivity contribution < 1.29 is 4.79 Å². The van der Waals surface area contributed by atoms with Gasteiger partial charge in [0.25, 0.3) is 5.91 Å². The average molecular weight is 439 g/mol. The quantitative estimate of drug-likeness (QED) is 0.595. The lowest BCUT2D eigenvalue weighted by Gasteiger charge is -2.45. The number of nitrogens with zero attached hydrogens (tertiary/aromatic N) is 5. The van der Waals surface area contributed by atoms with E-state index in [4.69, 9.17) is 4.98 Å². The Morgan fingerprint density at radius 1 is 1.06 bits per heavy atom. The van der Waals surface area contributed by atoms with Crippen molar-refractivity contribution in [3.05, 3.63) is 66.4 Å². The molecule has 1 aliphatic carbocycles. The van der Waals surface area contributed by atoms with Crippen molar-refractivity contribution in [3.63, 3.8) is 0 Å². The van der Waals surface area contributed by atoms with E-state index in [9.17, 15) is 10.1 Å². The number of nitriles is 1. The molecule has 3 aromatic rings. The summed E-state index contributed by atoms with van der Waals surface area (Å²) in [4.78, 5) is 27.0. The maximum atomic E-state index is 13.6. The Morgan fingerprint density at radius 2 is 1.85 bits per heavy atom. The number of rotatable bonds is 4. The minimum atomic E-state index is -0.370. The third kappa shape index (κ3) is 4.00. The first-order valence-electron chi connectivity index (χ1n) is 11.5. The Hall–Kier alpha value is -3.92. The number of nitrogens with one attached hydrogen (secondary N) is 1. The number of anilines is 5. The van der Waals surface area contributed by atoms with Crippen molar-refractivity contribution in [3.8, 4) is 6.07 Å². The van der Waals surface area contributed by atoms with Gasteiger partial charge in [-0.25, -0.2) is 4.98 Å².